The molecule has 0 bridgehead atoms. The number of nitrogens with one attached hydrogen (secondary N) is 3. The second kappa shape index (κ2) is 8.05. The molecule has 1 aromatic heterocycles. The molecule has 1 amide bonds. The number of quaternary nitrogens is 1. The Morgan fingerprint density at radius 2 is 1.73 bits per heavy atom. The number of carbonyl (C=O) groups excluding carboxylic acids is 3. The molecule has 2 rings (SSSR count). The molecular weight excluding hydrogens is 337 g/mol. The number of aryl methyl sites for hydroxylation is 1. The molecule has 3 N–H and O–H groups in total. The molecule has 138 valence electrons. The molecule has 0 saturated heterocycles. The number of carbonyl (C=O) groups is 3. The van der Waals surface area contributed by atoms with Crippen LogP contribution in [-0.4, -0.2) is 42.6 Å². The van der Waals surface area contributed by atoms with Crippen LogP contribution < -0.4 is 10.2 Å². The van der Waals surface area contributed by atoms with Gasteiger partial charge in [-0.2, -0.15) is 0 Å². The summed E-state index contributed by atoms with van der Waals surface area (Å²) in [6.45, 7) is 5.16. The number of ketones is 2. The number of benzene rings is 1. The molecule has 2 aromatic rings. The Labute approximate surface area is 151 Å². The smallest absolute Gasteiger partial charge is 0.279 e. The first kappa shape index (κ1) is 19.5. The molecule has 0 radical (unpaired) electrons. The summed E-state index contributed by atoms with van der Waals surface area (Å²) in [5, 5.41) is 2.66. The van der Waals surface area contributed by atoms with Gasteiger partial charge in [0.05, 0.1) is 12.7 Å². The van der Waals surface area contributed by atoms with Crippen molar-refractivity contribution in [1.29, 1.82) is 0 Å². The second-order valence-electron chi connectivity index (χ2n) is 6.47. The highest BCUT2D eigenvalue weighted by atomic mass is 19.1. The van der Waals surface area contributed by atoms with Crippen molar-refractivity contribution in [2.45, 2.75) is 20.8 Å². The highest BCUT2D eigenvalue weighted by Gasteiger charge is 2.22. The van der Waals surface area contributed by atoms with Crippen LogP contribution in [-0.2, 0) is 4.79 Å². The van der Waals surface area contributed by atoms with Crippen molar-refractivity contribution in [2.75, 3.05) is 25.5 Å². The molecule has 1 aromatic carbocycles. The van der Waals surface area contributed by atoms with Gasteiger partial charge < -0.3 is 15.2 Å². The van der Waals surface area contributed by atoms with E-state index in [0.29, 0.717) is 33.1 Å². The zero-order valence-corrected chi connectivity index (χ0v) is 15.3. The Hall–Kier alpha value is -2.80. The normalized spacial score (nSPS) is 11.9. The Kier molecular flexibility index (Phi) is 6.05. The lowest BCUT2D eigenvalue weighted by atomic mass is 10.1. The van der Waals surface area contributed by atoms with Gasteiger partial charge in [0, 0.05) is 16.9 Å². The lowest BCUT2D eigenvalue weighted by molar-refractivity contribution is -0.861. The lowest BCUT2D eigenvalue weighted by Crippen LogP contribution is -3.11. The Morgan fingerprint density at radius 3 is 2.27 bits per heavy atom. The van der Waals surface area contributed by atoms with Crippen molar-refractivity contribution in [2.24, 2.45) is 0 Å². The fraction of sp³-hybridized carbons (Fsp3) is 0.316. The van der Waals surface area contributed by atoms with Crippen LogP contribution in [0.1, 0.15) is 39.0 Å². The quantitative estimate of drug-likeness (QED) is 0.651. The molecule has 0 saturated carbocycles. The third-order valence-electron chi connectivity index (χ3n) is 4.12. The maximum atomic E-state index is 12.9. The number of aromatic amines is 1. The van der Waals surface area contributed by atoms with Crippen LogP contribution in [0.5, 0.6) is 0 Å². The van der Waals surface area contributed by atoms with Crippen molar-refractivity contribution in [1.82, 2.24) is 4.98 Å². The average molecular weight is 360 g/mol. The van der Waals surface area contributed by atoms with Gasteiger partial charge in [-0.25, -0.2) is 4.39 Å². The maximum absolute atomic E-state index is 12.9. The highest BCUT2D eigenvalue weighted by Crippen LogP contribution is 2.18. The fourth-order valence-electron chi connectivity index (χ4n) is 2.99. The zero-order valence-electron chi connectivity index (χ0n) is 15.3. The molecule has 7 heteroatoms. The number of amides is 1. The van der Waals surface area contributed by atoms with Crippen molar-refractivity contribution < 1.29 is 23.7 Å². The predicted octanol–water partition coefficient (Wildman–Crippen LogP) is 1.31. The number of H-pyrrole nitrogens is 1. The minimum Gasteiger partial charge on any atom is -0.355 e. The minimum atomic E-state index is -0.377. The van der Waals surface area contributed by atoms with Crippen molar-refractivity contribution in [3.8, 4) is 0 Å². The van der Waals surface area contributed by atoms with Crippen molar-refractivity contribution >= 4 is 23.2 Å². The first-order valence-electron chi connectivity index (χ1n) is 8.29. The van der Waals surface area contributed by atoms with Gasteiger partial charge in [-0.05, 0) is 50.6 Å². The van der Waals surface area contributed by atoms with Crippen LogP contribution in [0.2, 0.25) is 0 Å². The molecule has 0 aliphatic carbocycles. The molecule has 0 fully saturated rings. The van der Waals surface area contributed by atoms with Gasteiger partial charge >= 0.3 is 0 Å². The first-order chi connectivity index (χ1) is 12.2. The number of halogens is 1. The summed E-state index contributed by atoms with van der Waals surface area (Å²) in [6.07, 6.45) is 0. The summed E-state index contributed by atoms with van der Waals surface area (Å²) in [6, 6.07) is 5.47. The third-order valence-corrected chi connectivity index (χ3v) is 4.12. The number of likely N-dealkylation sites (N-methyl/N-ethyl adjacent to an activating group) is 1. The predicted molar refractivity (Wildman–Crippen MR) is 96.3 cm³/mol. The van der Waals surface area contributed by atoms with Gasteiger partial charge in [0.2, 0.25) is 5.78 Å². The lowest BCUT2D eigenvalue weighted by Gasteiger charge is -2.13. The number of Topliss-reactive ketones (excluding diaryl/α,β-unsaturated/α-hetero) is 2. The topological polar surface area (TPSA) is 83.5 Å². The van der Waals surface area contributed by atoms with Crippen LogP contribution >= 0.6 is 0 Å². The van der Waals surface area contributed by atoms with Gasteiger partial charge in [0.25, 0.3) is 5.91 Å². The van der Waals surface area contributed by atoms with E-state index in [9.17, 15) is 18.8 Å². The summed E-state index contributed by atoms with van der Waals surface area (Å²) in [4.78, 5) is 39.9. The monoisotopic (exact) mass is 360 g/mol. The van der Waals surface area contributed by atoms with E-state index in [-0.39, 0.29) is 36.4 Å². The molecule has 0 spiro atoms. The third kappa shape index (κ3) is 4.64. The van der Waals surface area contributed by atoms with E-state index in [1.807, 2.05) is 0 Å². The van der Waals surface area contributed by atoms with E-state index in [4.69, 9.17) is 0 Å². The first-order valence-corrected chi connectivity index (χ1v) is 8.29. The number of hydrogen-bond donors (Lipinski definition) is 3. The van der Waals surface area contributed by atoms with E-state index in [1.165, 1.54) is 31.2 Å². The average Bonchev–Trinajstić information content (AvgIpc) is 2.84. The van der Waals surface area contributed by atoms with Gasteiger partial charge in [-0.15, -0.1) is 0 Å². The maximum Gasteiger partial charge on any atom is 0.279 e. The SMILES string of the molecule is CC(=O)c1c(C)[nH]c(C(=O)C[NH+](C)CC(=O)Nc2ccc(F)cc2)c1C. The Bertz CT molecular complexity index is 840. The highest BCUT2D eigenvalue weighted by molar-refractivity contribution is 6.03. The molecule has 0 aliphatic rings. The van der Waals surface area contributed by atoms with Gasteiger partial charge in [0.1, 0.15) is 12.4 Å². The molecule has 1 unspecified atom stereocenters. The van der Waals surface area contributed by atoms with Crippen LogP contribution in [0, 0.1) is 19.7 Å². The Balaban J connectivity index is 1.97. The van der Waals surface area contributed by atoms with Crippen LogP contribution in [0.15, 0.2) is 24.3 Å². The van der Waals surface area contributed by atoms with Gasteiger partial charge in [-0.1, -0.05) is 0 Å². The summed E-state index contributed by atoms with van der Waals surface area (Å²) in [5.41, 5.74) is 2.76. The van der Waals surface area contributed by atoms with Gasteiger partial charge in [-0.3, -0.25) is 14.4 Å². The summed E-state index contributed by atoms with van der Waals surface area (Å²) in [7, 11) is 1.74. The van der Waals surface area contributed by atoms with Crippen LogP contribution in [0.4, 0.5) is 10.1 Å². The molecule has 1 atom stereocenters. The molecule has 1 heterocycles. The summed E-state index contributed by atoms with van der Waals surface area (Å²) in [5.74, 6) is -0.900. The zero-order chi connectivity index (χ0) is 19.4. The molecular formula is C19H23FN3O3+. The van der Waals surface area contributed by atoms with Crippen molar-refractivity contribution in [3.63, 3.8) is 0 Å². The van der Waals surface area contributed by atoms with Crippen LogP contribution in [0.3, 0.4) is 0 Å². The molecule has 0 aliphatic heterocycles. The molecule has 26 heavy (non-hydrogen) atoms. The fourth-order valence-corrected chi connectivity index (χ4v) is 2.99. The van der Waals surface area contributed by atoms with Crippen LogP contribution in [0.25, 0.3) is 0 Å². The summed E-state index contributed by atoms with van der Waals surface area (Å²) < 4.78 is 12.9. The van der Waals surface area contributed by atoms with Crippen molar-refractivity contribution in [3.05, 3.63) is 52.6 Å². The van der Waals surface area contributed by atoms with Gasteiger partial charge in [0.15, 0.2) is 12.3 Å². The minimum absolute atomic E-state index is 0.0847. The van der Waals surface area contributed by atoms with E-state index >= 15 is 0 Å². The molecule has 6 nitrogen and oxygen atoms in total. The second-order valence-corrected chi connectivity index (χ2v) is 6.47. The number of rotatable bonds is 7. The number of hydrogen-bond acceptors (Lipinski definition) is 3. The number of anilines is 1. The van der Waals surface area contributed by atoms with E-state index in [1.54, 1.807) is 20.9 Å². The van der Waals surface area contributed by atoms with E-state index in [2.05, 4.69) is 10.3 Å². The van der Waals surface area contributed by atoms with E-state index in [0.717, 1.165) is 0 Å². The van der Waals surface area contributed by atoms with E-state index < -0.39 is 0 Å². The standard InChI is InChI=1S/C19H22FN3O3/c1-11-18(13(3)24)12(2)21-19(11)16(25)9-23(4)10-17(26)22-15-7-5-14(20)6-8-15/h5-8,21H,9-10H2,1-4H3,(H,22,26)/p+1. The Morgan fingerprint density at radius 1 is 1.12 bits per heavy atom. The largest absolute Gasteiger partial charge is 0.355 e. The number of aromatic nitrogens is 1. The summed E-state index contributed by atoms with van der Waals surface area (Å²) >= 11 is 0.